The molecule has 0 spiro atoms. The number of tetrazole rings is 1. The van der Waals surface area contributed by atoms with Gasteiger partial charge in [0.25, 0.3) is 5.91 Å². The Morgan fingerprint density at radius 3 is 2.51 bits per heavy atom. The van der Waals surface area contributed by atoms with E-state index in [1.54, 1.807) is 36.5 Å². The minimum absolute atomic E-state index is 0.0638. The smallest absolute Gasteiger partial charge is 0.335 e. The third-order valence-corrected chi connectivity index (χ3v) is 8.16. The molecule has 1 saturated carbocycles. The first-order chi connectivity index (χ1) is 21.6. The Hall–Kier alpha value is -5.43. The van der Waals surface area contributed by atoms with Crippen LogP contribution in [0.3, 0.4) is 0 Å². The zero-order valence-electron chi connectivity index (χ0n) is 24.0. The van der Waals surface area contributed by atoms with Crippen LogP contribution >= 0.6 is 11.6 Å². The number of nitrogens with one attached hydrogen (secondary N) is 2. The number of anilines is 2. The summed E-state index contributed by atoms with van der Waals surface area (Å²) in [4.78, 5) is 57.7. The normalized spacial score (nSPS) is 16.6. The Morgan fingerprint density at radius 1 is 1.04 bits per heavy atom. The van der Waals surface area contributed by atoms with Gasteiger partial charge < -0.3 is 20.6 Å². The third-order valence-electron chi connectivity index (χ3n) is 7.93. The first-order valence-electron chi connectivity index (χ1n) is 14.1. The molecule has 4 aromatic rings. The molecule has 1 fully saturated rings. The van der Waals surface area contributed by atoms with Gasteiger partial charge in [-0.1, -0.05) is 18.5 Å². The summed E-state index contributed by atoms with van der Waals surface area (Å²) in [5.41, 5.74) is 2.66. The van der Waals surface area contributed by atoms with Crippen LogP contribution in [0.2, 0.25) is 5.02 Å². The van der Waals surface area contributed by atoms with Gasteiger partial charge in [0.15, 0.2) is 0 Å². The Balaban J connectivity index is 1.32. The van der Waals surface area contributed by atoms with E-state index >= 15 is 0 Å². The first-order valence-corrected chi connectivity index (χ1v) is 14.5. The molecule has 13 nitrogen and oxygen atoms in total. The van der Waals surface area contributed by atoms with E-state index < -0.39 is 29.2 Å². The second-order valence-corrected chi connectivity index (χ2v) is 11.6. The molecule has 1 aliphatic carbocycles. The van der Waals surface area contributed by atoms with Crippen molar-refractivity contribution >= 4 is 52.7 Å². The number of halogens is 1. The number of carbonyl (C=O) groups excluding carboxylic acids is 3. The van der Waals surface area contributed by atoms with Gasteiger partial charge in [0.1, 0.15) is 12.4 Å². The van der Waals surface area contributed by atoms with Crippen molar-refractivity contribution in [2.75, 3.05) is 17.2 Å². The average Bonchev–Trinajstić information content (AvgIpc) is 3.55. The number of aromatic nitrogens is 5. The number of hydrogen-bond acceptors (Lipinski definition) is 8. The second-order valence-electron chi connectivity index (χ2n) is 11.1. The molecular formula is C31H27ClN8O5. The van der Waals surface area contributed by atoms with E-state index in [2.05, 4.69) is 31.1 Å². The predicted octanol–water partition coefficient (Wildman–Crippen LogP) is 3.93. The highest BCUT2D eigenvalue weighted by Gasteiger charge is 2.45. The average molecular weight is 627 g/mol. The van der Waals surface area contributed by atoms with Gasteiger partial charge in [0.05, 0.1) is 23.1 Å². The Kier molecular flexibility index (Phi) is 7.85. The van der Waals surface area contributed by atoms with Crippen molar-refractivity contribution < 1.29 is 24.3 Å². The van der Waals surface area contributed by atoms with E-state index in [0.717, 1.165) is 12.8 Å². The van der Waals surface area contributed by atoms with E-state index in [-0.39, 0.29) is 18.0 Å². The van der Waals surface area contributed by atoms with Gasteiger partial charge in [-0.2, -0.15) is 4.68 Å². The lowest BCUT2D eigenvalue weighted by atomic mass is 9.95. The topological polar surface area (TPSA) is 172 Å². The molecular weight excluding hydrogens is 600 g/mol. The molecule has 0 saturated heterocycles. The monoisotopic (exact) mass is 626 g/mol. The second kappa shape index (κ2) is 11.9. The molecule has 0 radical (unpaired) electrons. The molecule has 2 aromatic heterocycles. The minimum atomic E-state index is -1.11. The van der Waals surface area contributed by atoms with Gasteiger partial charge in [0, 0.05) is 52.0 Å². The largest absolute Gasteiger partial charge is 0.478 e. The Labute approximate surface area is 261 Å². The van der Waals surface area contributed by atoms with Crippen LogP contribution in [0.15, 0.2) is 67.1 Å². The first kappa shape index (κ1) is 29.6. The van der Waals surface area contributed by atoms with Crippen molar-refractivity contribution in [1.29, 1.82) is 0 Å². The molecule has 45 heavy (non-hydrogen) atoms. The summed E-state index contributed by atoms with van der Waals surface area (Å²) >= 11 is 6.24. The molecule has 2 aliphatic rings. The molecule has 3 amide bonds. The highest BCUT2D eigenvalue weighted by molar-refractivity contribution is 6.30. The molecule has 1 atom stereocenters. The van der Waals surface area contributed by atoms with Gasteiger partial charge >= 0.3 is 5.97 Å². The zero-order valence-corrected chi connectivity index (χ0v) is 24.7. The highest BCUT2D eigenvalue weighted by atomic mass is 35.5. The van der Waals surface area contributed by atoms with Crippen LogP contribution in [-0.2, 0) is 20.8 Å². The van der Waals surface area contributed by atoms with Gasteiger partial charge in [-0.15, -0.1) is 5.10 Å². The SMILES string of the molecule is CC1(C(=O)Nc2cnc3c(c2)C(C(=O)Nc2ccc(C(=O)O)cc2)N(C(=O)/C=C/c2cc(Cl)ccc2-n2cnnn2)CC3)CC1. The zero-order chi connectivity index (χ0) is 31.7. The highest BCUT2D eigenvalue weighted by Crippen LogP contribution is 2.46. The maximum atomic E-state index is 13.9. The lowest BCUT2D eigenvalue weighted by Crippen LogP contribution is -2.45. The fourth-order valence-corrected chi connectivity index (χ4v) is 5.25. The van der Waals surface area contributed by atoms with Crippen LogP contribution in [0.5, 0.6) is 0 Å². The summed E-state index contributed by atoms with van der Waals surface area (Å²) in [7, 11) is 0. The fraction of sp³-hybridized carbons (Fsp3) is 0.226. The van der Waals surface area contributed by atoms with Crippen LogP contribution in [0.4, 0.5) is 11.4 Å². The van der Waals surface area contributed by atoms with E-state index in [0.29, 0.717) is 45.3 Å². The third kappa shape index (κ3) is 6.29. The van der Waals surface area contributed by atoms with E-state index in [4.69, 9.17) is 11.6 Å². The maximum absolute atomic E-state index is 13.9. The quantitative estimate of drug-likeness (QED) is 0.245. The number of carboxylic acid groups (broad SMARTS) is 1. The van der Waals surface area contributed by atoms with Gasteiger partial charge in [-0.05, 0) is 77.9 Å². The molecule has 2 aromatic carbocycles. The molecule has 1 unspecified atom stereocenters. The number of fused-ring (bicyclic) bond motifs is 1. The van der Waals surface area contributed by atoms with Crippen LogP contribution < -0.4 is 10.6 Å². The van der Waals surface area contributed by atoms with Crippen LogP contribution in [0.1, 0.15) is 53.0 Å². The molecule has 228 valence electrons. The van der Waals surface area contributed by atoms with E-state index in [1.807, 2.05) is 6.92 Å². The van der Waals surface area contributed by atoms with Crippen LogP contribution in [-0.4, -0.2) is 65.4 Å². The van der Waals surface area contributed by atoms with Gasteiger partial charge in [0.2, 0.25) is 11.8 Å². The summed E-state index contributed by atoms with van der Waals surface area (Å²) in [5, 5.41) is 26.6. The Morgan fingerprint density at radius 2 is 1.82 bits per heavy atom. The van der Waals surface area contributed by atoms with Crippen molar-refractivity contribution in [1.82, 2.24) is 30.1 Å². The summed E-state index contributed by atoms with van der Waals surface area (Å²) < 4.78 is 1.44. The van der Waals surface area contributed by atoms with Gasteiger partial charge in [-0.25, -0.2) is 4.79 Å². The molecule has 3 heterocycles. The number of hydrogen-bond donors (Lipinski definition) is 3. The van der Waals surface area contributed by atoms with Crippen molar-refractivity contribution in [3.8, 4) is 5.69 Å². The van der Waals surface area contributed by atoms with Crippen molar-refractivity contribution in [3.63, 3.8) is 0 Å². The number of carbonyl (C=O) groups is 4. The Bertz CT molecular complexity index is 1840. The maximum Gasteiger partial charge on any atom is 0.335 e. The number of aromatic carboxylic acids is 1. The summed E-state index contributed by atoms with van der Waals surface area (Å²) in [6.07, 6.45) is 7.86. The number of amides is 3. The molecule has 14 heteroatoms. The lowest BCUT2D eigenvalue weighted by Gasteiger charge is -2.35. The lowest BCUT2D eigenvalue weighted by molar-refractivity contribution is -0.135. The van der Waals surface area contributed by atoms with Crippen molar-refractivity contribution in [2.24, 2.45) is 5.41 Å². The standard InChI is InChI=1S/C31H27ClN8O5/c1-31(11-12-31)30(45)36-22-15-23-24(33-16-22)10-13-39(27(23)28(42)35-21-6-2-18(3-7-21)29(43)44)26(41)9-4-19-14-20(32)5-8-25(19)40-17-34-37-38-40/h2-9,14-17,27H,10-13H2,1H3,(H,35,42)(H,36,45)(H,43,44)/b9-4+. The molecule has 3 N–H and O–H groups in total. The van der Waals surface area contributed by atoms with E-state index in [1.165, 1.54) is 46.3 Å². The number of pyridine rings is 1. The van der Waals surface area contributed by atoms with Crippen molar-refractivity contribution in [2.45, 2.75) is 32.2 Å². The molecule has 1 aliphatic heterocycles. The van der Waals surface area contributed by atoms with Crippen molar-refractivity contribution in [3.05, 3.63) is 94.5 Å². The summed E-state index contributed by atoms with van der Waals surface area (Å²) in [5.74, 6) is -2.21. The molecule has 6 rings (SSSR count). The fourth-order valence-electron chi connectivity index (χ4n) is 5.07. The number of rotatable bonds is 8. The number of benzene rings is 2. The number of carboxylic acids is 1. The van der Waals surface area contributed by atoms with Crippen LogP contribution in [0, 0.1) is 5.41 Å². The summed E-state index contributed by atoms with van der Waals surface area (Å²) in [6, 6.07) is 11.3. The number of nitrogens with zero attached hydrogens (tertiary/aromatic N) is 6. The van der Waals surface area contributed by atoms with Crippen LogP contribution in [0.25, 0.3) is 11.8 Å². The van der Waals surface area contributed by atoms with E-state index in [9.17, 15) is 24.3 Å². The van der Waals surface area contributed by atoms with Gasteiger partial charge in [-0.3, -0.25) is 19.4 Å². The summed E-state index contributed by atoms with van der Waals surface area (Å²) in [6.45, 7) is 2.08. The predicted molar refractivity (Wildman–Crippen MR) is 164 cm³/mol. The molecule has 0 bridgehead atoms. The minimum Gasteiger partial charge on any atom is -0.478 e.